The summed E-state index contributed by atoms with van der Waals surface area (Å²) in [5.41, 5.74) is 2.83. The standard InChI is InChI=1S/C17H18FN3/c1-21-16-10-9-13(18)12-15(16)20-17(21)8-5-11-19-14-6-3-2-4-7-14/h2-4,6-7,9-10,12,19H,5,8,11H2,1H3. The molecule has 108 valence electrons. The number of aryl methyl sites for hydroxylation is 2. The van der Waals surface area contributed by atoms with E-state index in [0.717, 1.165) is 41.9 Å². The fourth-order valence-electron chi connectivity index (χ4n) is 2.48. The molecule has 0 bridgehead atoms. The van der Waals surface area contributed by atoms with Crippen molar-refractivity contribution in [2.75, 3.05) is 11.9 Å². The van der Waals surface area contributed by atoms with Gasteiger partial charge in [0.2, 0.25) is 0 Å². The lowest BCUT2D eigenvalue weighted by Crippen LogP contribution is -2.05. The topological polar surface area (TPSA) is 29.9 Å². The van der Waals surface area contributed by atoms with Gasteiger partial charge in [0.25, 0.3) is 0 Å². The van der Waals surface area contributed by atoms with E-state index in [2.05, 4.69) is 22.4 Å². The lowest BCUT2D eigenvalue weighted by atomic mass is 10.2. The van der Waals surface area contributed by atoms with Crippen molar-refractivity contribution >= 4 is 16.7 Å². The molecule has 0 amide bonds. The summed E-state index contributed by atoms with van der Waals surface area (Å²) in [4.78, 5) is 4.51. The highest BCUT2D eigenvalue weighted by Crippen LogP contribution is 2.17. The Hall–Kier alpha value is -2.36. The van der Waals surface area contributed by atoms with Crippen LogP contribution in [-0.2, 0) is 13.5 Å². The first-order chi connectivity index (χ1) is 10.2. The molecule has 0 aliphatic rings. The minimum atomic E-state index is -0.238. The van der Waals surface area contributed by atoms with E-state index in [9.17, 15) is 4.39 Å². The molecular weight excluding hydrogens is 265 g/mol. The molecule has 4 heteroatoms. The van der Waals surface area contributed by atoms with Crippen LogP contribution in [-0.4, -0.2) is 16.1 Å². The van der Waals surface area contributed by atoms with E-state index < -0.39 is 0 Å². The van der Waals surface area contributed by atoms with Crippen LogP contribution in [0, 0.1) is 5.82 Å². The number of halogens is 1. The van der Waals surface area contributed by atoms with Gasteiger partial charge in [0.1, 0.15) is 11.6 Å². The molecule has 0 radical (unpaired) electrons. The van der Waals surface area contributed by atoms with Crippen LogP contribution < -0.4 is 5.32 Å². The molecule has 0 atom stereocenters. The third-order valence-corrected chi connectivity index (χ3v) is 3.62. The summed E-state index contributed by atoms with van der Waals surface area (Å²) in [5, 5.41) is 3.38. The van der Waals surface area contributed by atoms with Crippen molar-refractivity contribution < 1.29 is 4.39 Å². The molecule has 3 nitrogen and oxygen atoms in total. The summed E-state index contributed by atoms with van der Waals surface area (Å²) in [6.45, 7) is 0.890. The number of benzene rings is 2. The molecule has 1 heterocycles. The van der Waals surface area contributed by atoms with Crippen LogP contribution in [0.2, 0.25) is 0 Å². The normalized spacial score (nSPS) is 11.0. The zero-order valence-electron chi connectivity index (χ0n) is 12.0. The Bertz CT molecular complexity index is 734. The Morgan fingerprint density at radius 2 is 1.95 bits per heavy atom. The minimum Gasteiger partial charge on any atom is -0.385 e. The predicted octanol–water partition coefficient (Wildman–Crippen LogP) is 3.76. The second-order valence-electron chi connectivity index (χ2n) is 5.12. The Labute approximate surface area is 123 Å². The number of rotatable bonds is 5. The third-order valence-electron chi connectivity index (χ3n) is 3.62. The molecule has 0 aliphatic heterocycles. The first-order valence-corrected chi connectivity index (χ1v) is 7.14. The highest BCUT2D eigenvalue weighted by atomic mass is 19.1. The van der Waals surface area contributed by atoms with Crippen molar-refractivity contribution in [3.05, 3.63) is 60.2 Å². The van der Waals surface area contributed by atoms with Crippen LogP contribution in [0.25, 0.3) is 11.0 Å². The molecule has 0 spiro atoms. The molecule has 3 rings (SSSR count). The summed E-state index contributed by atoms with van der Waals surface area (Å²) < 4.78 is 15.3. The van der Waals surface area contributed by atoms with E-state index in [4.69, 9.17) is 0 Å². The molecule has 0 unspecified atom stereocenters. The van der Waals surface area contributed by atoms with E-state index in [1.165, 1.54) is 12.1 Å². The van der Waals surface area contributed by atoms with Crippen molar-refractivity contribution in [1.82, 2.24) is 9.55 Å². The molecule has 3 aromatic rings. The average molecular weight is 283 g/mol. The minimum absolute atomic E-state index is 0.238. The zero-order chi connectivity index (χ0) is 14.7. The molecule has 21 heavy (non-hydrogen) atoms. The van der Waals surface area contributed by atoms with Gasteiger partial charge in [-0.25, -0.2) is 9.37 Å². The van der Waals surface area contributed by atoms with E-state index in [-0.39, 0.29) is 5.82 Å². The van der Waals surface area contributed by atoms with Crippen LogP contribution in [0.15, 0.2) is 48.5 Å². The van der Waals surface area contributed by atoms with Crippen LogP contribution in [0.4, 0.5) is 10.1 Å². The van der Waals surface area contributed by atoms with E-state index in [1.807, 2.05) is 29.8 Å². The molecule has 0 saturated heterocycles. The molecule has 1 N–H and O–H groups in total. The predicted molar refractivity (Wildman–Crippen MR) is 83.9 cm³/mol. The SMILES string of the molecule is Cn1c(CCCNc2ccccc2)nc2cc(F)ccc21. The quantitative estimate of drug-likeness (QED) is 0.723. The Morgan fingerprint density at radius 1 is 1.14 bits per heavy atom. The van der Waals surface area contributed by atoms with Crippen LogP contribution in [0.5, 0.6) is 0 Å². The summed E-state index contributed by atoms with van der Waals surface area (Å²) in [5.74, 6) is 0.753. The summed E-state index contributed by atoms with van der Waals surface area (Å²) in [6.07, 6.45) is 1.85. The van der Waals surface area contributed by atoms with Crippen molar-refractivity contribution in [3.63, 3.8) is 0 Å². The maximum Gasteiger partial charge on any atom is 0.125 e. The third kappa shape index (κ3) is 3.05. The van der Waals surface area contributed by atoms with Gasteiger partial charge in [-0.1, -0.05) is 18.2 Å². The first-order valence-electron chi connectivity index (χ1n) is 7.14. The largest absolute Gasteiger partial charge is 0.385 e. The number of fused-ring (bicyclic) bond motifs is 1. The van der Waals surface area contributed by atoms with Gasteiger partial charge in [-0.2, -0.15) is 0 Å². The molecule has 0 fully saturated rings. The highest BCUT2D eigenvalue weighted by molar-refractivity contribution is 5.75. The molecule has 2 aromatic carbocycles. The maximum atomic E-state index is 13.2. The van der Waals surface area contributed by atoms with Gasteiger partial charge in [-0.3, -0.25) is 0 Å². The Morgan fingerprint density at radius 3 is 2.76 bits per heavy atom. The summed E-state index contributed by atoms with van der Waals surface area (Å²) >= 11 is 0. The van der Waals surface area contributed by atoms with Gasteiger partial charge in [0.15, 0.2) is 0 Å². The summed E-state index contributed by atoms with van der Waals surface area (Å²) in [6, 6.07) is 14.9. The number of hydrogen-bond donors (Lipinski definition) is 1. The van der Waals surface area contributed by atoms with Crippen molar-refractivity contribution in [2.45, 2.75) is 12.8 Å². The summed E-state index contributed by atoms with van der Waals surface area (Å²) in [7, 11) is 1.98. The van der Waals surface area contributed by atoms with E-state index in [0.29, 0.717) is 0 Å². The zero-order valence-corrected chi connectivity index (χ0v) is 12.0. The Kier molecular flexibility index (Phi) is 3.86. The lowest BCUT2D eigenvalue weighted by Gasteiger charge is -2.06. The number of para-hydroxylation sites is 1. The first kappa shape index (κ1) is 13.6. The number of nitrogens with zero attached hydrogens (tertiary/aromatic N) is 2. The molecule has 0 aliphatic carbocycles. The molecule has 1 aromatic heterocycles. The van der Waals surface area contributed by atoms with Gasteiger partial charge in [0.05, 0.1) is 11.0 Å². The van der Waals surface area contributed by atoms with Crippen LogP contribution >= 0.6 is 0 Å². The van der Waals surface area contributed by atoms with Gasteiger partial charge < -0.3 is 9.88 Å². The maximum absolute atomic E-state index is 13.2. The fraction of sp³-hybridized carbons (Fsp3) is 0.235. The highest BCUT2D eigenvalue weighted by Gasteiger charge is 2.08. The van der Waals surface area contributed by atoms with Gasteiger partial charge >= 0.3 is 0 Å². The number of nitrogens with one attached hydrogen (secondary N) is 1. The number of aromatic nitrogens is 2. The second kappa shape index (κ2) is 5.95. The fourth-order valence-corrected chi connectivity index (χ4v) is 2.48. The van der Waals surface area contributed by atoms with Gasteiger partial charge in [-0.05, 0) is 30.7 Å². The van der Waals surface area contributed by atoms with Gasteiger partial charge in [-0.15, -0.1) is 0 Å². The van der Waals surface area contributed by atoms with Crippen molar-refractivity contribution in [3.8, 4) is 0 Å². The molecular formula is C17H18FN3. The van der Waals surface area contributed by atoms with Crippen molar-refractivity contribution in [1.29, 1.82) is 0 Å². The smallest absolute Gasteiger partial charge is 0.125 e. The van der Waals surface area contributed by atoms with E-state index in [1.54, 1.807) is 6.07 Å². The molecule has 0 saturated carbocycles. The van der Waals surface area contributed by atoms with Crippen LogP contribution in [0.3, 0.4) is 0 Å². The number of hydrogen-bond acceptors (Lipinski definition) is 2. The van der Waals surface area contributed by atoms with Crippen molar-refractivity contribution in [2.24, 2.45) is 7.05 Å². The second-order valence-corrected chi connectivity index (χ2v) is 5.12. The Balaban J connectivity index is 1.62. The monoisotopic (exact) mass is 283 g/mol. The van der Waals surface area contributed by atoms with Gasteiger partial charge in [0, 0.05) is 31.8 Å². The lowest BCUT2D eigenvalue weighted by molar-refractivity contribution is 0.629. The van der Waals surface area contributed by atoms with Crippen LogP contribution in [0.1, 0.15) is 12.2 Å². The van der Waals surface area contributed by atoms with E-state index >= 15 is 0 Å². The average Bonchev–Trinajstić information content (AvgIpc) is 2.80. The number of imidazole rings is 1. The number of anilines is 1.